The number of unbranched alkanes of at least 4 members (excludes halogenated alkanes) is 58. The van der Waals surface area contributed by atoms with Gasteiger partial charge in [0, 0.05) is 12.8 Å². The largest absolute Gasteiger partial charge is 0.466 e. The normalized spacial score (nSPS) is 12.6. The summed E-state index contributed by atoms with van der Waals surface area (Å²) in [4.78, 5) is 24.7. The summed E-state index contributed by atoms with van der Waals surface area (Å²) >= 11 is 0. The zero-order valence-corrected chi connectivity index (χ0v) is 57.2. The predicted octanol–water partition coefficient (Wildman–Crippen LogP) is 25.3. The summed E-state index contributed by atoms with van der Waals surface area (Å²) in [6.07, 6.45) is 93.9. The van der Waals surface area contributed by atoms with Gasteiger partial charge in [-0.25, -0.2) is 0 Å². The molecule has 0 aromatic carbocycles. The molecule has 0 fully saturated rings. The number of hydrogen-bond donors (Lipinski definition) is 3. The number of esters is 1. The van der Waals surface area contributed by atoms with Crippen molar-refractivity contribution in [3.8, 4) is 0 Å². The number of carbonyl (C=O) groups is 2. The van der Waals surface area contributed by atoms with E-state index in [2.05, 4.69) is 43.5 Å². The van der Waals surface area contributed by atoms with Gasteiger partial charge in [0.05, 0.1) is 25.4 Å². The fraction of sp³-hybridized carbons (Fsp3) is 0.923. The smallest absolute Gasteiger partial charge is 0.305 e. The Labute approximate surface area is 526 Å². The van der Waals surface area contributed by atoms with E-state index in [1.807, 2.05) is 0 Å². The molecule has 0 spiro atoms. The van der Waals surface area contributed by atoms with Crippen molar-refractivity contribution < 1.29 is 24.5 Å². The van der Waals surface area contributed by atoms with Crippen molar-refractivity contribution >= 4 is 11.9 Å². The van der Waals surface area contributed by atoms with Crippen LogP contribution in [-0.4, -0.2) is 47.4 Å². The minimum absolute atomic E-state index is 0.00568. The zero-order chi connectivity index (χ0) is 60.6. The molecule has 0 bridgehead atoms. The minimum atomic E-state index is -0.664. The Bertz CT molecular complexity index is 1320. The number of allylic oxidation sites excluding steroid dienone is 4. The van der Waals surface area contributed by atoms with Gasteiger partial charge in [-0.3, -0.25) is 9.59 Å². The molecule has 0 aliphatic heterocycles. The third-order valence-electron chi connectivity index (χ3n) is 18.3. The summed E-state index contributed by atoms with van der Waals surface area (Å²) in [5.74, 6) is -0.0211. The van der Waals surface area contributed by atoms with E-state index in [1.54, 1.807) is 0 Å². The molecule has 0 aromatic heterocycles. The van der Waals surface area contributed by atoms with Crippen LogP contribution in [0.25, 0.3) is 0 Å². The number of rotatable bonds is 73. The van der Waals surface area contributed by atoms with Crippen molar-refractivity contribution in [3.63, 3.8) is 0 Å². The maximum atomic E-state index is 12.6. The highest BCUT2D eigenvalue weighted by molar-refractivity contribution is 5.76. The highest BCUT2D eigenvalue weighted by Crippen LogP contribution is 2.20. The summed E-state index contributed by atoms with van der Waals surface area (Å²) in [6, 6.07) is -0.541. The van der Waals surface area contributed by atoms with Crippen molar-refractivity contribution in [1.29, 1.82) is 0 Å². The van der Waals surface area contributed by atoms with Crippen molar-refractivity contribution in [2.45, 2.75) is 450 Å². The maximum Gasteiger partial charge on any atom is 0.305 e. The summed E-state index contributed by atoms with van der Waals surface area (Å²) in [6.45, 7) is 4.98. The van der Waals surface area contributed by atoms with Gasteiger partial charge in [-0.1, -0.05) is 391 Å². The molecule has 0 saturated heterocycles. The molecule has 6 heteroatoms. The molecule has 2 atom stereocenters. The van der Waals surface area contributed by atoms with Crippen molar-refractivity contribution in [3.05, 3.63) is 24.3 Å². The second kappa shape index (κ2) is 73.8. The molecule has 0 radical (unpaired) electrons. The van der Waals surface area contributed by atoms with Crippen LogP contribution in [0.3, 0.4) is 0 Å². The fourth-order valence-corrected chi connectivity index (χ4v) is 12.4. The molecular formula is C78H151NO5. The van der Waals surface area contributed by atoms with Crippen LogP contribution in [0.1, 0.15) is 438 Å². The summed E-state index contributed by atoms with van der Waals surface area (Å²) in [5, 5.41) is 23.5. The van der Waals surface area contributed by atoms with Gasteiger partial charge in [0.1, 0.15) is 0 Å². The Kier molecular flexibility index (Phi) is 72.3. The number of aliphatic hydroxyl groups excluding tert-OH is 2. The number of aliphatic hydroxyl groups is 2. The lowest BCUT2D eigenvalue weighted by Gasteiger charge is -2.22. The Balaban J connectivity index is 3.35. The molecule has 3 N–H and O–H groups in total. The molecule has 84 heavy (non-hydrogen) atoms. The summed E-state index contributed by atoms with van der Waals surface area (Å²) in [7, 11) is 0. The molecule has 498 valence electrons. The Morgan fingerprint density at radius 2 is 0.595 bits per heavy atom. The minimum Gasteiger partial charge on any atom is -0.466 e. The van der Waals surface area contributed by atoms with Crippen LogP contribution in [0.5, 0.6) is 0 Å². The first-order chi connectivity index (χ1) is 41.5. The Hall–Kier alpha value is -1.66. The molecule has 0 saturated carbocycles. The Morgan fingerprint density at radius 3 is 0.917 bits per heavy atom. The van der Waals surface area contributed by atoms with E-state index in [1.165, 1.54) is 353 Å². The van der Waals surface area contributed by atoms with Gasteiger partial charge in [-0.2, -0.15) is 0 Å². The average Bonchev–Trinajstić information content (AvgIpc) is 3.51. The van der Waals surface area contributed by atoms with Crippen LogP contribution in [-0.2, 0) is 14.3 Å². The van der Waals surface area contributed by atoms with E-state index in [-0.39, 0.29) is 18.5 Å². The topological polar surface area (TPSA) is 95.9 Å². The van der Waals surface area contributed by atoms with Crippen LogP contribution in [0.4, 0.5) is 0 Å². The number of hydrogen-bond acceptors (Lipinski definition) is 5. The average molecular weight is 1180 g/mol. The van der Waals surface area contributed by atoms with E-state index >= 15 is 0 Å². The van der Waals surface area contributed by atoms with Crippen LogP contribution < -0.4 is 5.32 Å². The van der Waals surface area contributed by atoms with Crippen LogP contribution in [0.2, 0.25) is 0 Å². The van der Waals surface area contributed by atoms with Crippen LogP contribution >= 0.6 is 0 Å². The first-order valence-corrected chi connectivity index (χ1v) is 38.6. The second-order valence-corrected chi connectivity index (χ2v) is 26.7. The predicted molar refractivity (Wildman–Crippen MR) is 370 cm³/mol. The van der Waals surface area contributed by atoms with Crippen molar-refractivity contribution in [1.82, 2.24) is 5.32 Å². The number of carbonyl (C=O) groups excluding carboxylic acids is 2. The molecule has 0 rings (SSSR count). The lowest BCUT2D eigenvalue weighted by atomic mass is 10.0. The number of ether oxygens (including phenoxy) is 1. The van der Waals surface area contributed by atoms with Gasteiger partial charge in [0.25, 0.3) is 0 Å². The first kappa shape index (κ1) is 82.3. The third-order valence-corrected chi connectivity index (χ3v) is 18.3. The molecular weight excluding hydrogens is 1030 g/mol. The monoisotopic (exact) mass is 1180 g/mol. The molecule has 2 unspecified atom stereocenters. The standard InChI is InChI=1S/C78H151NO5/c1-3-5-7-9-11-13-15-17-19-21-22-23-24-30-33-36-39-42-46-50-54-58-62-66-70-76(81)75(74-80)79-77(82)71-67-63-59-55-51-47-43-40-37-34-31-28-26-25-27-29-32-35-38-41-45-49-53-57-61-65-69-73-84-78(83)72-68-64-60-56-52-48-44-20-18-16-14-12-10-8-6-4-2/h14,16,20,44,75-76,80-81H,3-13,15,17-19,21-43,45-74H2,1-2H3,(H,79,82)/b16-14-,44-20-. The molecule has 1 amide bonds. The highest BCUT2D eigenvalue weighted by Gasteiger charge is 2.20. The van der Waals surface area contributed by atoms with Gasteiger partial charge in [0.2, 0.25) is 5.91 Å². The lowest BCUT2D eigenvalue weighted by Crippen LogP contribution is -2.45. The van der Waals surface area contributed by atoms with E-state index in [4.69, 9.17) is 4.74 Å². The van der Waals surface area contributed by atoms with Crippen molar-refractivity contribution in [2.24, 2.45) is 0 Å². The zero-order valence-electron chi connectivity index (χ0n) is 57.2. The summed E-state index contributed by atoms with van der Waals surface area (Å²) < 4.78 is 5.50. The molecule has 0 aromatic rings. The molecule has 0 aliphatic rings. The lowest BCUT2D eigenvalue weighted by molar-refractivity contribution is -0.143. The van der Waals surface area contributed by atoms with Gasteiger partial charge in [-0.15, -0.1) is 0 Å². The first-order valence-electron chi connectivity index (χ1n) is 38.6. The van der Waals surface area contributed by atoms with Gasteiger partial charge >= 0.3 is 5.97 Å². The quantitative estimate of drug-likeness (QED) is 0.0320. The van der Waals surface area contributed by atoms with Crippen LogP contribution in [0.15, 0.2) is 24.3 Å². The number of nitrogens with one attached hydrogen (secondary N) is 1. The van der Waals surface area contributed by atoms with E-state index in [0.29, 0.717) is 25.9 Å². The molecule has 0 aliphatic carbocycles. The maximum absolute atomic E-state index is 12.6. The fourth-order valence-electron chi connectivity index (χ4n) is 12.4. The van der Waals surface area contributed by atoms with Gasteiger partial charge < -0.3 is 20.3 Å². The van der Waals surface area contributed by atoms with E-state index < -0.39 is 12.1 Å². The molecule has 6 nitrogen and oxygen atoms in total. The third kappa shape index (κ3) is 69.4. The second-order valence-electron chi connectivity index (χ2n) is 26.7. The highest BCUT2D eigenvalue weighted by atomic mass is 16.5. The Morgan fingerprint density at radius 1 is 0.333 bits per heavy atom. The number of amides is 1. The van der Waals surface area contributed by atoms with E-state index in [0.717, 1.165) is 51.4 Å². The summed E-state index contributed by atoms with van der Waals surface area (Å²) in [5.41, 5.74) is 0. The van der Waals surface area contributed by atoms with E-state index in [9.17, 15) is 19.8 Å². The van der Waals surface area contributed by atoms with Crippen LogP contribution in [0, 0.1) is 0 Å². The SMILES string of the molecule is CCCCCC/C=C\C/C=C\CCCCCCCC(=O)OCCCCCCCCCCCCCCCCCCCCCCCCCCCCCC(=O)NC(CO)C(O)CCCCCCCCCCCCCCCCCCCCCCCCCC. The molecule has 0 heterocycles. The van der Waals surface area contributed by atoms with Crippen molar-refractivity contribution in [2.75, 3.05) is 13.2 Å². The van der Waals surface area contributed by atoms with Gasteiger partial charge in [-0.05, 0) is 57.8 Å². The van der Waals surface area contributed by atoms with Gasteiger partial charge in [0.15, 0.2) is 0 Å².